The van der Waals surface area contributed by atoms with Gasteiger partial charge in [0.25, 0.3) is 0 Å². The van der Waals surface area contributed by atoms with E-state index in [1.807, 2.05) is 13.0 Å². The van der Waals surface area contributed by atoms with Gasteiger partial charge in [-0.2, -0.15) is 0 Å². The number of hydrogen-bond donors (Lipinski definition) is 0. The molecule has 0 aliphatic carbocycles. The summed E-state index contributed by atoms with van der Waals surface area (Å²) in [6.45, 7) is 1.97. The number of rotatable bonds is 2. The summed E-state index contributed by atoms with van der Waals surface area (Å²) in [4.78, 5) is 0. The van der Waals surface area contributed by atoms with E-state index in [0.717, 1.165) is 16.5 Å². The van der Waals surface area contributed by atoms with E-state index in [4.69, 9.17) is 11.6 Å². The number of alkyl halides is 1. The number of halogens is 3. The highest BCUT2D eigenvalue weighted by Crippen LogP contribution is 2.16. The summed E-state index contributed by atoms with van der Waals surface area (Å²) in [5, 5.41) is 1.20. The first kappa shape index (κ1) is 10.7. The van der Waals surface area contributed by atoms with Crippen molar-refractivity contribution < 1.29 is 4.39 Å². The first-order valence-corrected chi connectivity index (χ1v) is 5.31. The Morgan fingerprint density at radius 1 is 1.54 bits per heavy atom. The summed E-state index contributed by atoms with van der Waals surface area (Å²) in [5.41, 5.74) is 1.92. The van der Waals surface area contributed by atoms with Crippen molar-refractivity contribution in [3.05, 3.63) is 40.2 Å². The maximum Gasteiger partial charge on any atom is 0.125 e. The Bertz CT molecular complexity index is 313. The fourth-order valence-electron chi connectivity index (χ4n) is 0.982. The number of hydrogen-bond acceptors (Lipinski definition) is 0. The van der Waals surface area contributed by atoms with E-state index in [1.165, 1.54) is 12.1 Å². The summed E-state index contributed by atoms with van der Waals surface area (Å²) in [5.74, 6) is -0.305. The van der Waals surface area contributed by atoms with E-state index in [2.05, 4.69) is 15.9 Å². The third-order valence-corrected chi connectivity index (χ3v) is 2.61. The Balaban J connectivity index is 3.02. The van der Waals surface area contributed by atoms with Crippen LogP contribution < -0.4 is 0 Å². The van der Waals surface area contributed by atoms with Gasteiger partial charge in [0.15, 0.2) is 0 Å². The van der Waals surface area contributed by atoms with Crippen LogP contribution in [0.15, 0.2) is 23.8 Å². The van der Waals surface area contributed by atoms with Gasteiger partial charge in [0.05, 0.1) is 0 Å². The van der Waals surface area contributed by atoms with Crippen LogP contribution >= 0.6 is 27.5 Å². The molecule has 0 heterocycles. The predicted molar refractivity (Wildman–Crippen MR) is 58.9 cm³/mol. The van der Waals surface area contributed by atoms with Gasteiger partial charge >= 0.3 is 0 Å². The average Bonchev–Trinajstić information content (AvgIpc) is 2.02. The highest BCUT2D eigenvalue weighted by atomic mass is 79.9. The summed E-state index contributed by atoms with van der Waals surface area (Å²) in [6.07, 6.45) is 1.89. The van der Waals surface area contributed by atoms with Gasteiger partial charge in [-0.3, -0.25) is 0 Å². The van der Waals surface area contributed by atoms with Crippen molar-refractivity contribution in [3.63, 3.8) is 0 Å². The molecule has 0 atom stereocenters. The fourth-order valence-corrected chi connectivity index (χ4v) is 1.37. The Hall–Kier alpha value is -0.340. The van der Waals surface area contributed by atoms with Gasteiger partial charge in [0.1, 0.15) is 5.82 Å². The standard InChI is InChI=1S/C10H9BrClF/c1-7(6-11)2-8-3-9(12)5-10(13)4-8/h2-5H,6H2,1H3/b7-2-. The molecule has 0 spiro atoms. The second kappa shape index (κ2) is 4.77. The molecular formula is C10H9BrClF. The van der Waals surface area contributed by atoms with Crippen LogP contribution in [-0.2, 0) is 0 Å². The van der Waals surface area contributed by atoms with Crippen molar-refractivity contribution in [2.75, 3.05) is 5.33 Å². The topological polar surface area (TPSA) is 0 Å². The molecule has 0 fully saturated rings. The highest BCUT2D eigenvalue weighted by Gasteiger charge is 1.96. The molecule has 0 radical (unpaired) electrons. The number of allylic oxidation sites excluding steroid dienone is 1. The molecule has 70 valence electrons. The summed E-state index contributed by atoms with van der Waals surface area (Å²) in [7, 11) is 0. The lowest BCUT2D eigenvalue weighted by atomic mass is 10.1. The third-order valence-electron chi connectivity index (χ3n) is 1.51. The van der Waals surface area contributed by atoms with Gasteiger partial charge in [0.2, 0.25) is 0 Å². The molecule has 0 aliphatic heterocycles. The van der Waals surface area contributed by atoms with E-state index in [1.54, 1.807) is 6.07 Å². The van der Waals surface area contributed by atoms with Crippen LogP contribution in [0.3, 0.4) is 0 Å². The fraction of sp³-hybridized carbons (Fsp3) is 0.200. The molecule has 3 heteroatoms. The van der Waals surface area contributed by atoms with Crippen LogP contribution in [0, 0.1) is 5.82 Å². The second-order valence-electron chi connectivity index (χ2n) is 2.83. The zero-order chi connectivity index (χ0) is 9.84. The maximum absolute atomic E-state index is 12.9. The van der Waals surface area contributed by atoms with Crippen molar-refractivity contribution >= 4 is 33.6 Å². The molecule has 0 N–H and O–H groups in total. The molecule has 0 aliphatic rings. The minimum atomic E-state index is -0.305. The number of benzene rings is 1. The van der Waals surface area contributed by atoms with Crippen molar-refractivity contribution in [3.8, 4) is 0 Å². The molecule has 0 bridgehead atoms. The molecule has 1 rings (SSSR count). The lowest BCUT2D eigenvalue weighted by Gasteiger charge is -1.98. The van der Waals surface area contributed by atoms with Crippen LogP contribution in [0.2, 0.25) is 5.02 Å². The highest BCUT2D eigenvalue weighted by molar-refractivity contribution is 9.09. The van der Waals surface area contributed by atoms with Crippen LogP contribution in [0.5, 0.6) is 0 Å². The Morgan fingerprint density at radius 2 is 2.23 bits per heavy atom. The molecular weight excluding hydrogens is 254 g/mol. The normalized spacial score (nSPS) is 11.8. The quantitative estimate of drug-likeness (QED) is 0.699. The van der Waals surface area contributed by atoms with Crippen molar-refractivity contribution in [1.82, 2.24) is 0 Å². The second-order valence-corrected chi connectivity index (χ2v) is 3.82. The molecule has 0 unspecified atom stereocenters. The van der Waals surface area contributed by atoms with Gasteiger partial charge < -0.3 is 0 Å². The van der Waals surface area contributed by atoms with E-state index < -0.39 is 0 Å². The molecule has 0 saturated carbocycles. The monoisotopic (exact) mass is 262 g/mol. The molecule has 0 aromatic heterocycles. The van der Waals surface area contributed by atoms with Gasteiger partial charge in [-0.15, -0.1) is 0 Å². The molecule has 1 aromatic carbocycles. The van der Waals surface area contributed by atoms with Gasteiger partial charge in [-0.1, -0.05) is 39.2 Å². The van der Waals surface area contributed by atoms with Crippen molar-refractivity contribution in [1.29, 1.82) is 0 Å². The predicted octanol–water partition coefficient (Wildman–Crippen LogP) is 4.28. The molecule has 0 amide bonds. The summed E-state index contributed by atoms with van der Waals surface area (Å²) in [6, 6.07) is 4.48. The zero-order valence-corrected chi connectivity index (χ0v) is 9.49. The van der Waals surface area contributed by atoms with Crippen LogP contribution in [0.1, 0.15) is 12.5 Å². The van der Waals surface area contributed by atoms with Crippen LogP contribution in [-0.4, -0.2) is 5.33 Å². The van der Waals surface area contributed by atoms with Gasteiger partial charge in [-0.05, 0) is 30.7 Å². The first-order chi connectivity index (χ1) is 6.11. The largest absolute Gasteiger partial charge is 0.207 e. The summed E-state index contributed by atoms with van der Waals surface area (Å²) >= 11 is 9.01. The van der Waals surface area contributed by atoms with E-state index >= 15 is 0 Å². The van der Waals surface area contributed by atoms with E-state index in [0.29, 0.717) is 5.02 Å². The molecule has 0 nitrogen and oxygen atoms in total. The molecule has 13 heavy (non-hydrogen) atoms. The maximum atomic E-state index is 12.9. The SMILES string of the molecule is C/C(=C/c1cc(F)cc(Cl)c1)CBr. The van der Waals surface area contributed by atoms with Gasteiger partial charge in [-0.25, -0.2) is 4.39 Å². The molecule has 0 saturated heterocycles. The minimum Gasteiger partial charge on any atom is -0.207 e. The van der Waals surface area contributed by atoms with E-state index in [-0.39, 0.29) is 5.82 Å². The minimum absolute atomic E-state index is 0.305. The van der Waals surface area contributed by atoms with E-state index in [9.17, 15) is 4.39 Å². The third kappa shape index (κ3) is 3.49. The van der Waals surface area contributed by atoms with Crippen LogP contribution in [0.25, 0.3) is 6.08 Å². The smallest absolute Gasteiger partial charge is 0.125 e. The van der Waals surface area contributed by atoms with Gasteiger partial charge in [0, 0.05) is 10.4 Å². The van der Waals surface area contributed by atoms with Crippen LogP contribution in [0.4, 0.5) is 4.39 Å². The van der Waals surface area contributed by atoms with Crippen molar-refractivity contribution in [2.45, 2.75) is 6.92 Å². The lowest BCUT2D eigenvalue weighted by Crippen LogP contribution is -1.81. The van der Waals surface area contributed by atoms with Crippen molar-refractivity contribution in [2.24, 2.45) is 0 Å². The Labute approximate surface area is 90.5 Å². The Morgan fingerprint density at radius 3 is 2.77 bits per heavy atom. The summed E-state index contributed by atoms with van der Waals surface area (Å²) < 4.78 is 12.9. The first-order valence-electron chi connectivity index (χ1n) is 3.81. The Kier molecular flexibility index (Phi) is 3.94. The zero-order valence-electron chi connectivity index (χ0n) is 7.15. The lowest BCUT2D eigenvalue weighted by molar-refractivity contribution is 0.627. The molecule has 1 aromatic rings. The average molecular weight is 264 g/mol.